The van der Waals surface area contributed by atoms with Crippen molar-refractivity contribution in [3.63, 3.8) is 0 Å². The quantitative estimate of drug-likeness (QED) is 0.534. The summed E-state index contributed by atoms with van der Waals surface area (Å²) in [6.45, 7) is 3.98. The van der Waals surface area contributed by atoms with Gasteiger partial charge in [-0.05, 0) is 49.2 Å². The Kier molecular flexibility index (Phi) is 7.30. The number of rotatable bonds is 7. The minimum Gasteiger partial charge on any atom is -0.493 e. The van der Waals surface area contributed by atoms with E-state index in [1.807, 2.05) is 13.8 Å². The van der Waals surface area contributed by atoms with Gasteiger partial charge in [-0.3, -0.25) is 4.79 Å². The lowest BCUT2D eigenvalue weighted by atomic mass is 10.2. The Hall–Kier alpha value is -2.24. The Labute approximate surface area is 162 Å². The van der Waals surface area contributed by atoms with Gasteiger partial charge in [0.2, 0.25) is 0 Å². The number of nitrogens with zero attached hydrogens (tertiary/aromatic N) is 1. The van der Waals surface area contributed by atoms with Crippen LogP contribution >= 0.6 is 23.2 Å². The van der Waals surface area contributed by atoms with Crippen LogP contribution in [0.15, 0.2) is 41.5 Å². The topological polar surface area (TPSA) is 59.9 Å². The van der Waals surface area contributed by atoms with E-state index in [0.29, 0.717) is 32.7 Å². The third kappa shape index (κ3) is 5.38. The lowest BCUT2D eigenvalue weighted by Crippen LogP contribution is -2.17. The van der Waals surface area contributed by atoms with E-state index in [4.69, 9.17) is 32.7 Å². The molecule has 2 rings (SSSR count). The third-order valence-electron chi connectivity index (χ3n) is 3.61. The van der Waals surface area contributed by atoms with Crippen LogP contribution in [0.4, 0.5) is 0 Å². The molecule has 0 bridgehead atoms. The zero-order valence-electron chi connectivity index (χ0n) is 14.8. The number of nitrogens with one attached hydrogen (secondary N) is 1. The lowest BCUT2D eigenvalue weighted by molar-refractivity contribution is 0.0955. The minimum absolute atomic E-state index is 0.0119. The predicted molar refractivity (Wildman–Crippen MR) is 105 cm³/mol. The molecule has 0 spiro atoms. The number of hydrogen-bond acceptors (Lipinski definition) is 4. The van der Waals surface area contributed by atoms with Gasteiger partial charge in [0.05, 0.1) is 24.5 Å². The Balaban J connectivity index is 2.12. The second-order valence-corrected chi connectivity index (χ2v) is 6.42. The number of halogens is 2. The van der Waals surface area contributed by atoms with Gasteiger partial charge < -0.3 is 9.47 Å². The maximum absolute atomic E-state index is 12.0. The number of amides is 1. The first-order chi connectivity index (χ1) is 12.4. The molecular formula is C19H20Cl2N2O3. The van der Waals surface area contributed by atoms with Crippen LogP contribution in [0.3, 0.4) is 0 Å². The number of carbonyl (C=O) groups excluding carboxylic acids is 1. The molecule has 138 valence electrons. The fourth-order valence-electron chi connectivity index (χ4n) is 2.07. The van der Waals surface area contributed by atoms with Crippen LogP contribution in [0, 0.1) is 0 Å². The summed E-state index contributed by atoms with van der Waals surface area (Å²) < 4.78 is 11.1. The highest BCUT2D eigenvalue weighted by molar-refractivity contribution is 6.32. The predicted octanol–water partition coefficient (Wildman–Crippen LogP) is 4.94. The average Bonchev–Trinajstić information content (AvgIpc) is 2.63. The highest BCUT2D eigenvalue weighted by Crippen LogP contribution is 2.37. The standard InChI is InChI=1S/C19H20Cl2N2O3/c1-4-12(2)26-18-16(21)8-13(9-17(18)25-3)11-22-23-19(24)14-6-5-7-15(20)10-14/h5-12H,4H2,1-3H3,(H,23,24)/b22-11-/t12-/m1/s1. The number of benzene rings is 2. The first kappa shape index (κ1) is 20.1. The molecule has 0 heterocycles. The van der Waals surface area contributed by atoms with Gasteiger partial charge in [-0.25, -0.2) is 5.43 Å². The minimum atomic E-state index is -0.362. The first-order valence-electron chi connectivity index (χ1n) is 8.07. The Bertz CT molecular complexity index is 809. The summed E-state index contributed by atoms with van der Waals surface area (Å²) in [6, 6.07) is 10.0. The molecule has 2 aromatic carbocycles. The van der Waals surface area contributed by atoms with Crippen LogP contribution in [0.2, 0.25) is 10.0 Å². The van der Waals surface area contributed by atoms with Crippen molar-refractivity contribution in [2.45, 2.75) is 26.4 Å². The van der Waals surface area contributed by atoms with E-state index in [0.717, 1.165) is 6.42 Å². The lowest BCUT2D eigenvalue weighted by Gasteiger charge is -2.17. The van der Waals surface area contributed by atoms with Crippen molar-refractivity contribution in [2.24, 2.45) is 5.10 Å². The van der Waals surface area contributed by atoms with Crippen molar-refractivity contribution < 1.29 is 14.3 Å². The summed E-state index contributed by atoms with van der Waals surface area (Å²) in [6.07, 6.45) is 2.33. The Morgan fingerprint density at radius 1 is 1.31 bits per heavy atom. The molecule has 26 heavy (non-hydrogen) atoms. The zero-order chi connectivity index (χ0) is 19.1. The van der Waals surface area contributed by atoms with E-state index < -0.39 is 0 Å². The Morgan fingerprint density at radius 3 is 2.73 bits per heavy atom. The number of hydrazone groups is 1. The van der Waals surface area contributed by atoms with Crippen molar-refractivity contribution in [2.75, 3.05) is 7.11 Å². The molecule has 0 aliphatic rings. The molecule has 0 aliphatic carbocycles. The zero-order valence-corrected chi connectivity index (χ0v) is 16.3. The van der Waals surface area contributed by atoms with Gasteiger partial charge in [0.15, 0.2) is 11.5 Å². The van der Waals surface area contributed by atoms with Crippen molar-refractivity contribution >= 4 is 35.3 Å². The van der Waals surface area contributed by atoms with E-state index >= 15 is 0 Å². The molecule has 1 atom stereocenters. The number of methoxy groups -OCH3 is 1. The van der Waals surface area contributed by atoms with E-state index in [9.17, 15) is 4.79 Å². The molecule has 5 nitrogen and oxygen atoms in total. The van der Waals surface area contributed by atoms with Crippen molar-refractivity contribution in [3.8, 4) is 11.5 Å². The third-order valence-corrected chi connectivity index (χ3v) is 4.13. The highest BCUT2D eigenvalue weighted by atomic mass is 35.5. The summed E-state index contributed by atoms with van der Waals surface area (Å²) in [5.41, 5.74) is 3.53. The van der Waals surface area contributed by atoms with Crippen LogP contribution in [0.5, 0.6) is 11.5 Å². The second kappa shape index (κ2) is 9.46. The summed E-state index contributed by atoms with van der Waals surface area (Å²) in [7, 11) is 1.54. The smallest absolute Gasteiger partial charge is 0.271 e. The fraction of sp³-hybridized carbons (Fsp3) is 0.263. The monoisotopic (exact) mass is 394 g/mol. The first-order valence-corrected chi connectivity index (χ1v) is 8.83. The average molecular weight is 395 g/mol. The molecule has 0 saturated heterocycles. The highest BCUT2D eigenvalue weighted by Gasteiger charge is 2.14. The SMILES string of the molecule is CC[C@@H](C)Oc1c(Cl)cc(/C=N\NC(=O)c2cccc(Cl)c2)cc1OC. The molecule has 1 amide bonds. The van der Waals surface area contributed by atoms with Gasteiger partial charge in [0.25, 0.3) is 5.91 Å². The van der Waals surface area contributed by atoms with Crippen LogP contribution < -0.4 is 14.9 Å². The Morgan fingerprint density at radius 2 is 2.08 bits per heavy atom. The molecular weight excluding hydrogens is 375 g/mol. The van der Waals surface area contributed by atoms with Gasteiger partial charge >= 0.3 is 0 Å². The van der Waals surface area contributed by atoms with E-state index in [1.165, 1.54) is 13.3 Å². The summed E-state index contributed by atoms with van der Waals surface area (Å²) in [5.74, 6) is 0.627. The molecule has 0 fully saturated rings. The normalized spacial score (nSPS) is 12.0. The molecule has 2 aromatic rings. The van der Waals surface area contributed by atoms with Crippen molar-refractivity contribution in [1.29, 1.82) is 0 Å². The van der Waals surface area contributed by atoms with E-state index in [2.05, 4.69) is 10.5 Å². The largest absolute Gasteiger partial charge is 0.493 e. The van der Waals surface area contributed by atoms with Crippen LogP contribution in [-0.2, 0) is 0 Å². The maximum atomic E-state index is 12.0. The summed E-state index contributed by atoms with van der Waals surface area (Å²) >= 11 is 12.2. The van der Waals surface area contributed by atoms with Gasteiger partial charge in [0.1, 0.15) is 0 Å². The molecule has 7 heteroatoms. The van der Waals surface area contributed by atoms with Gasteiger partial charge in [-0.2, -0.15) is 5.10 Å². The molecule has 0 radical (unpaired) electrons. The van der Waals surface area contributed by atoms with Crippen LogP contribution in [0.25, 0.3) is 0 Å². The van der Waals surface area contributed by atoms with Gasteiger partial charge in [-0.1, -0.05) is 36.2 Å². The molecule has 0 aromatic heterocycles. The molecule has 0 saturated carbocycles. The maximum Gasteiger partial charge on any atom is 0.271 e. The number of ether oxygens (including phenoxy) is 2. The summed E-state index contributed by atoms with van der Waals surface area (Å²) in [5, 5.41) is 4.84. The fourth-order valence-corrected chi connectivity index (χ4v) is 2.53. The number of hydrogen-bond donors (Lipinski definition) is 1. The second-order valence-electron chi connectivity index (χ2n) is 5.58. The van der Waals surface area contributed by atoms with Gasteiger partial charge in [-0.15, -0.1) is 0 Å². The molecule has 0 unspecified atom stereocenters. The molecule has 0 aliphatic heterocycles. The van der Waals surface area contributed by atoms with E-state index in [-0.39, 0.29) is 12.0 Å². The van der Waals surface area contributed by atoms with Crippen molar-refractivity contribution in [3.05, 3.63) is 57.6 Å². The summed E-state index contributed by atoms with van der Waals surface area (Å²) in [4.78, 5) is 12.0. The number of carbonyl (C=O) groups is 1. The van der Waals surface area contributed by atoms with Gasteiger partial charge in [0, 0.05) is 10.6 Å². The van der Waals surface area contributed by atoms with Crippen molar-refractivity contribution in [1.82, 2.24) is 5.43 Å². The molecule has 1 N–H and O–H groups in total. The van der Waals surface area contributed by atoms with Crippen LogP contribution in [0.1, 0.15) is 36.2 Å². The van der Waals surface area contributed by atoms with E-state index in [1.54, 1.807) is 36.4 Å². The van der Waals surface area contributed by atoms with Crippen LogP contribution in [-0.4, -0.2) is 25.3 Å².